The zero-order chi connectivity index (χ0) is 20.3. The molecule has 0 heterocycles. The summed E-state index contributed by atoms with van der Waals surface area (Å²) >= 11 is 0. The fraction of sp³-hybridized carbons (Fsp3) is 0.174. The standard InChI is InChI=1S/C23H23NO3S/c1-17-13-18(2)15-21(14-17)24(3)23(25)20-11-9-19(10-12-20)16-28(26,27)22-7-5-4-6-8-22/h4-15H,16H2,1-3H3. The Bertz CT molecular complexity index is 1070. The summed E-state index contributed by atoms with van der Waals surface area (Å²) in [4.78, 5) is 14.7. The number of benzene rings is 3. The highest BCUT2D eigenvalue weighted by atomic mass is 32.2. The highest BCUT2D eigenvalue weighted by Crippen LogP contribution is 2.21. The van der Waals surface area contributed by atoms with E-state index < -0.39 is 9.84 Å². The first kappa shape index (κ1) is 19.8. The van der Waals surface area contributed by atoms with E-state index in [0.717, 1.165) is 16.8 Å². The highest BCUT2D eigenvalue weighted by molar-refractivity contribution is 7.90. The van der Waals surface area contributed by atoms with Crippen molar-refractivity contribution in [2.45, 2.75) is 24.5 Å². The van der Waals surface area contributed by atoms with Crippen LogP contribution in [0.5, 0.6) is 0 Å². The van der Waals surface area contributed by atoms with Gasteiger partial charge in [-0.3, -0.25) is 4.79 Å². The van der Waals surface area contributed by atoms with E-state index in [1.54, 1.807) is 66.5 Å². The molecule has 0 aliphatic carbocycles. The third-order valence-electron chi connectivity index (χ3n) is 4.56. The predicted molar refractivity (Wildman–Crippen MR) is 112 cm³/mol. The van der Waals surface area contributed by atoms with Gasteiger partial charge in [-0.15, -0.1) is 0 Å². The molecule has 144 valence electrons. The number of anilines is 1. The largest absolute Gasteiger partial charge is 0.311 e. The van der Waals surface area contributed by atoms with Gasteiger partial charge in [0.2, 0.25) is 0 Å². The van der Waals surface area contributed by atoms with Crippen molar-refractivity contribution >= 4 is 21.4 Å². The molecule has 0 N–H and O–H groups in total. The van der Waals surface area contributed by atoms with Crippen molar-refractivity contribution in [3.63, 3.8) is 0 Å². The number of carbonyl (C=O) groups is 1. The van der Waals surface area contributed by atoms with E-state index >= 15 is 0 Å². The molecule has 28 heavy (non-hydrogen) atoms. The molecule has 0 unspecified atom stereocenters. The molecule has 0 aliphatic rings. The second-order valence-electron chi connectivity index (χ2n) is 6.98. The molecule has 3 aromatic rings. The van der Waals surface area contributed by atoms with Crippen molar-refractivity contribution < 1.29 is 13.2 Å². The van der Waals surface area contributed by atoms with Crippen LogP contribution in [0.15, 0.2) is 77.7 Å². The molecule has 3 rings (SSSR count). The minimum absolute atomic E-state index is 0.0988. The van der Waals surface area contributed by atoms with Crippen LogP contribution in [0.25, 0.3) is 0 Å². The lowest BCUT2D eigenvalue weighted by molar-refractivity contribution is 0.0993. The normalized spacial score (nSPS) is 11.2. The van der Waals surface area contributed by atoms with Crippen LogP contribution in [0, 0.1) is 13.8 Å². The molecule has 0 atom stereocenters. The molecule has 0 spiro atoms. The number of amides is 1. The second-order valence-corrected chi connectivity index (χ2v) is 8.97. The maximum Gasteiger partial charge on any atom is 0.258 e. The quantitative estimate of drug-likeness (QED) is 0.639. The average molecular weight is 394 g/mol. The SMILES string of the molecule is Cc1cc(C)cc(N(C)C(=O)c2ccc(CS(=O)(=O)c3ccccc3)cc2)c1. The summed E-state index contributed by atoms with van der Waals surface area (Å²) in [5.74, 6) is -0.235. The van der Waals surface area contributed by atoms with Crippen LogP contribution in [-0.2, 0) is 15.6 Å². The first-order valence-electron chi connectivity index (χ1n) is 8.99. The average Bonchev–Trinajstić information content (AvgIpc) is 2.67. The Kier molecular flexibility index (Phi) is 5.66. The number of aryl methyl sites for hydroxylation is 2. The Morgan fingerprint density at radius 2 is 1.43 bits per heavy atom. The molecule has 4 nitrogen and oxygen atoms in total. The molecule has 0 fully saturated rings. The lowest BCUT2D eigenvalue weighted by Crippen LogP contribution is -2.26. The van der Waals surface area contributed by atoms with Gasteiger partial charge in [0, 0.05) is 18.3 Å². The van der Waals surface area contributed by atoms with Crippen LogP contribution < -0.4 is 4.90 Å². The summed E-state index contributed by atoms with van der Waals surface area (Å²) in [5.41, 5.74) is 4.18. The van der Waals surface area contributed by atoms with Crippen LogP contribution in [0.4, 0.5) is 5.69 Å². The summed E-state index contributed by atoms with van der Waals surface area (Å²) in [6.07, 6.45) is 0. The van der Waals surface area contributed by atoms with Gasteiger partial charge < -0.3 is 4.90 Å². The Balaban J connectivity index is 1.77. The number of sulfone groups is 1. The van der Waals surface area contributed by atoms with E-state index in [2.05, 4.69) is 6.07 Å². The van der Waals surface area contributed by atoms with Crippen molar-refractivity contribution in [2.75, 3.05) is 11.9 Å². The predicted octanol–water partition coefficient (Wildman–Crippen LogP) is 4.55. The molecular weight excluding hydrogens is 370 g/mol. The zero-order valence-electron chi connectivity index (χ0n) is 16.2. The van der Waals surface area contributed by atoms with Gasteiger partial charge in [-0.2, -0.15) is 0 Å². The number of hydrogen-bond acceptors (Lipinski definition) is 3. The second kappa shape index (κ2) is 7.98. The van der Waals surface area contributed by atoms with Gasteiger partial charge in [0.1, 0.15) is 0 Å². The molecule has 0 bridgehead atoms. The third-order valence-corrected chi connectivity index (χ3v) is 6.26. The monoisotopic (exact) mass is 393 g/mol. The molecule has 0 saturated heterocycles. The molecule has 0 aliphatic heterocycles. The lowest BCUT2D eigenvalue weighted by atomic mass is 10.1. The first-order valence-corrected chi connectivity index (χ1v) is 10.6. The minimum atomic E-state index is -3.41. The van der Waals surface area contributed by atoms with E-state index in [9.17, 15) is 13.2 Å². The van der Waals surface area contributed by atoms with Crippen LogP contribution >= 0.6 is 0 Å². The Morgan fingerprint density at radius 3 is 2.00 bits per heavy atom. The summed E-state index contributed by atoms with van der Waals surface area (Å²) in [5, 5.41) is 0. The first-order chi connectivity index (χ1) is 13.3. The molecule has 1 amide bonds. The van der Waals surface area contributed by atoms with Crippen molar-refractivity contribution in [2.24, 2.45) is 0 Å². The van der Waals surface area contributed by atoms with Crippen molar-refractivity contribution in [3.05, 3.63) is 95.1 Å². The Labute approximate surface area is 166 Å². The topological polar surface area (TPSA) is 54.5 Å². The van der Waals surface area contributed by atoms with Crippen LogP contribution in [0.3, 0.4) is 0 Å². The minimum Gasteiger partial charge on any atom is -0.311 e. The summed E-state index contributed by atoms with van der Waals surface area (Å²) in [7, 11) is -1.67. The molecule has 0 aromatic heterocycles. The van der Waals surface area contributed by atoms with Crippen molar-refractivity contribution in [1.82, 2.24) is 0 Å². The molecule has 0 saturated carbocycles. The number of hydrogen-bond donors (Lipinski definition) is 0. The number of rotatable bonds is 5. The van der Waals surface area contributed by atoms with Crippen LogP contribution in [0.2, 0.25) is 0 Å². The Hall–Kier alpha value is -2.92. The third kappa shape index (κ3) is 4.49. The van der Waals surface area contributed by atoms with Crippen LogP contribution in [0.1, 0.15) is 27.0 Å². The van der Waals surface area contributed by atoms with Gasteiger partial charge in [-0.25, -0.2) is 8.42 Å². The maximum atomic E-state index is 12.8. The van der Waals surface area contributed by atoms with Gasteiger partial charge in [-0.1, -0.05) is 36.4 Å². The number of carbonyl (C=O) groups excluding carboxylic acids is 1. The summed E-state index contributed by atoms with van der Waals surface area (Å²) in [6.45, 7) is 3.99. The van der Waals surface area contributed by atoms with Gasteiger partial charge >= 0.3 is 0 Å². The van der Waals surface area contributed by atoms with Crippen molar-refractivity contribution in [3.8, 4) is 0 Å². The molecule has 0 radical (unpaired) electrons. The van der Waals surface area contributed by atoms with Gasteiger partial charge in [-0.05, 0) is 66.9 Å². The van der Waals surface area contributed by atoms with E-state index in [0.29, 0.717) is 16.0 Å². The van der Waals surface area contributed by atoms with Gasteiger partial charge in [0.25, 0.3) is 5.91 Å². The fourth-order valence-corrected chi connectivity index (χ4v) is 4.50. The van der Waals surface area contributed by atoms with E-state index in [1.165, 1.54) is 0 Å². The summed E-state index contributed by atoms with van der Waals surface area (Å²) < 4.78 is 25.0. The zero-order valence-corrected chi connectivity index (χ0v) is 17.0. The van der Waals surface area contributed by atoms with Gasteiger partial charge in [0.05, 0.1) is 10.6 Å². The maximum absolute atomic E-state index is 12.8. The van der Waals surface area contributed by atoms with E-state index in [-0.39, 0.29) is 11.7 Å². The highest BCUT2D eigenvalue weighted by Gasteiger charge is 2.17. The molecular formula is C23H23NO3S. The van der Waals surface area contributed by atoms with E-state index in [1.807, 2.05) is 26.0 Å². The smallest absolute Gasteiger partial charge is 0.258 e. The van der Waals surface area contributed by atoms with Crippen LogP contribution in [-0.4, -0.2) is 21.4 Å². The van der Waals surface area contributed by atoms with E-state index in [4.69, 9.17) is 0 Å². The lowest BCUT2D eigenvalue weighted by Gasteiger charge is -2.19. The summed E-state index contributed by atoms with van der Waals surface area (Å²) in [6, 6.07) is 21.1. The van der Waals surface area contributed by atoms with Crippen molar-refractivity contribution in [1.29, 1.82) is 0 Å². The number of nitrogens with zero attached hydrogens (tertiary/aromatic N) is 1. The molecule has 3 aromatic carbocycles. The Morgan fingerprint density at radius 1 is 0.857 bits per heavy atom. The fourth-order valence-electron chi connectivity index (χ4n) is 3.13. The molecule has 5 heteroatoms. The van der Waals surface area contributed by atoms with Gasteiger partial charge in [0.15, 0.2) is 9.84 Å².